The van der Waals surface area contributed by atoms with Crippen molar-refractivity contribution >= 4 is 0 Å². The second-order valence-corrected chi connectivity index (χ2v) is 4.29. The Bertz CT molecular complexity index is 136. The maximum atomic E-state index is 2.50. The van der Waals surface area contributed by atoms with Gasteiger partial charge in [0.15, 0.2) is 0 Å². The van der Waals surface area contributed by atoms with Crippen molar-refractivity contribution in [1.29, 1.82) is 0 Å². The van der Waals surface area contributed by atoms with Crippen LogP contribution in [0, 0.1) is 5.92 Å². The third kappa shape index (κ3) is 2.46. The molecule has 0 bridgehead atoms. The monoisotopic (exact) mass is 170 g/mol. The third-order valence-corrected chi connectivity index (χ3v) is 2.96. The summed E-state index contributed by atoms with van der Waals surface area (Å²) in [5.74, 6) is 0.894. The maximum Gasteiger partial charge on any atom is 0.0223 e. The quantitative estimate of drug-likeness (QED) is 0.629. The van der Waals surface area contributed by atoms with Crippen LogP contribution in [0.1, 0.15) is 20.3 Å². The third-order valence-electron chi connectivity index (χ3n) is 2.96. The van der Waals surface area contributed by atoms with Gasteiger partial charge in [-0.2, -0.15) is 0 Å². The molecule has 1 aliphatic heterocycles. The summed E-state index contributed by atoms with van der Waals surface area (Å²) >= 11 is 0. The van der Waals surface area contributed by atoms with Crippen LogP contribution in [0.25, 0.3) is 0 Å². The molecule has 0 spiro atoms. The molecule has 2 nitrogen and oxygen atoms in total. The fraction of sp³-hybridized carbons (Fsp3) is 1.00. The predicted octanol–water partition coefficient (Wildman–Crippen LogP) is 1.28. The number of nitrogens with zero attached hydrogens (tertiary/aromatic N) is 2. The molecule has 72 valence electrons. The smallest absolute Gasteiger partial charge is 0.0223 e. The molecule has 1 aliphatic rings. The molecule has 1 rings (SSSR count). The van der Waals surface area contributed by atoms with Crippen LogP contribution < -0.4 is 0 Å². The molecule has 2 heteroatoms. The average molecular weight is 170 g/mol. The minimum absolute atomic E-state index is 0.796. The van der Waals surface area contributed by atoms with E-state index in [1.54, 1.807) is 0 Å². The van der Waals surface area contributed by atoms with Gasteiger partial charge in [-0.15, -0.1) is 0 Å². The summed E-state index contributed by atoms with van der Waals surface area (Å²) in [6.45, 7) is 8.25. The first kappa shape index (κ1) is 10.0. The first-order valence-electron chi connectivity index (χ1n) is 5.02. The van der Waals surface area contributed by atoms with Crippen molar-refractivity contribution in [2.24, 2.45) is 5.92 Å². The Morgan fingerprint density at radius 3 is 2.58 bits per heavy atom. The van der Waals surface area contributed by atoms with E-state index in [2.05, 4.69) is 37.7 Å². The summed E-state index contributed by atoms with van der Waals surface area (Å²) in [5.41, 5.74) is 0. The van der Waals surface area contributed by atoms with E-state index < -0.39 is 0 Å². The number of rotatable bonds is 3. The fourth-order valence-corrected chi connectivity index (χ4v) is 2.06. The number of hydrogen-bond donors (Lipinski definition) is 0. The molecule has 0 radical (unpaired) electrons. The molecule has 0 aromatic heterocycles. The summed E-state index contributed by atoms with van der Waals surface area (Å²) in [7, 11) is 4.45. The van der Waals surface area contributed by atoms with Crippen LogP contribution >= 0.6 is 0 Å². The van der Waals surface area contributed by atoms with E-state index in [4.69, 9.17) is 0 Å². The normalized spacial score (nSPS) is 31.8. The van der Waals surface area contributed by atoms with Gasteiger partial charge in [0, 0.05) is 19.1 Å². The van der Waals surface area contributed by atoms with Crippen molar-refractivity contribution in [2.45, 2.75) is 26.3 Å². The van der Waals surface area contributed by atoms with Gasteiger partial charge in [-0.3, -0.25) is 0 Å². The zero-order chi connectivity index (χ0) is 9.14. The summed E-state index contributed by atoms with van der Waals surface area (Å²) in [4.78, 5) is 4.90. The Morgan fingerprint density at radius 2 is 2.17 bits per heavy atom. The zero-order valence-corrected chi connectivity index (χ0v) is 8.88. The topological polar surface area (TPSA) is 6.48 Å². The lowest BCUT2D eigenvalue weighted by Crippen LogP contribution is -2.36. The Balaban J connectivity index is 2.32. The maximum absolute atomic E-state index is 2.50. The van der Waals surface area contributed by atoms with E-state index in [9.17, 15) is 0 Å². The standard InChI is InChI=1S/C10H22N2/c1-5-11(3)8-10-6-9(2)7-12(10)4/h9-10H,5-8H2,1-4H3/t9-,10?/m0/s1. The molecule has 0 aliphatic carbocycles. The van der Waals surface area contributed by atoms with E-state index >= 15 is 0 Å². The minimum Gasteiger partial charge on any atom is -0.305 e. The molecule has 1 unspecified atom stereocenters. The number of likely N-dealkylation sites (N-methyl/N-ethyl adjacent to an activating group) is 2. The molecule has 0 saturated carbocycles. The van der Waals surface area contributed by atoms with Crippen LogP contribution in [0.4, 0.5) is 0 Å². The highest BCUT2D eigenvalue weighted by atomic mass is 15.2. The van der Waals surface area contributed by atoms with Gasteiger partial charge in [-0.1, -0.05) is 13.8 Å². The minimum atomic E-state index is 0.796. The largest absolute Gasteiger partial charge is 0.305 e. The first-order valence-corrected chi connectivity index (χ1v) is 5.02. The molecule has 0 aromatic carbocycles. The van der Waals surface area contributed by atoms with Gasteiger partial charge < -0.3 is 9.80 Å². The summed E-state index contributed by atoms with van der Waals surface area (Å²) < 4.78 is 0. The molecule has 1 heterocycles. The van der Waals surface area contributed by atoms with Crippen LogP contribution in [-0.2, 0) is 0 Å². The van der Waals surface area contributed by atoms with E-state index in [-0.39, 0.29) is 0 Å². The van der Waals surface area contributed by atoms with Crippen LogP contribution in [0.5, 0.6) is 0 Å². The van der Waals surface area contributed by atoms with Crippen molar-refractivity contribution in [1.82, 2.24) is 9.80 Å². The first-order chi connectivity index (χ1) is 5.63. The molecule has 0 N–H and O–H groups in total. The Morgan fingerprint density at radius 1 is 1.50 bits per heavy atom. The van der Waals surface area contributed by atoms with E-state index in [0.717, 1.165) is 12.0 Å². The molecular formula is C10H22N2. The van der Waals surface area contributed by atoms with Gasteiger partial charge in [-0.25, -0.2) is 0 Å². The molecular weight excluding hydrogens is 148 g/mol. The Labute approximate surface area is 76.5 Å². The average Bonchev–Trinajstić information content (AvgIpc) is 2.30. The van der Waals surface area contributed by atoms with Crippen LogP contribution in [0.3, 0.4) is 0 Å². The molecule has 0 aromatic rings. The van der Waals surface area contributed by atoms with E-state index in [0.29, 0.717) is 0 Å². The molecule has 12 heavy (non-hydrogen) atoms. The zero-order valence-electron chi connectivity index (χ0n) is 8.88. The van der Waals surface area contributed by atoms with Gasteiger partial charge in [0.2, 0.25) is 0 Å². The Hall–Kier alpha value is -0.0800. The highest BCUT2D eigenvalue weighted by Gasteiger charge is 2.26. The summed E-state index contributed by atoms with van der Waals surface area (Å²) in [5, 5.41) is 0. The van der Waals surface area contributed by atoms with Crippen molar-refractivity contribution in [3.63, 3.8) is 0 Å². The summed E-state index contributed by atoms with van der Waals surface area (Å²) in [6.07, 6.45) is 1.38. The van der Waals surface area contributed by atoms with E-state index in [1.165, 1.54) is 26.1 Å². The van der Waals surface area contributed by atoms with Gasteiger partial charge >= 0.3 is 0 Å². The van der Waals surface area contributed by atoms with Crippen LogP contribution in [0.15, 0.2) is 0 Å². The van der Waals surface area contributed by atoms with Crippen LogP contribution in [-0.4, -0.2) is 49.6 Å². The fourth-order valence-electron chi connectivity index (χ4n) is 2.06. The van der Waals surface area contributed by atoms with Crippen LogP contribution in [0.2, 0.25) is 0 Å². The molecule has 1 saturated heterocycles. The predicted molar refractivity (Wildman–Crippen MR) is 53.4 cm³/mol. The van der Waals surface area contributed by atoms with Gasteiger partial charge in [0.05, 0.1) is 0 Å². The highest BCUT2D eigenvalue weighted by Crippen LogP contribution is 2.21. The molecule has 0 amide bonds. The second-order valence-electron chi connectivity index (χ2n) is 4.29. The van der Waals surface area contributed by atoms with Gasteiger partial charge in [0.1, 0.15) is 0 Å². The van der Waals surface area contributed by atoms with Gasteiger partial charge in [-0.05, 0) is 33.0 Å². The highest BCUT2D eigenvalue weighted by molar-refractivity contribution is 4.82. The molecule has 1 fully saturated rings. The van der Waals surface area contributed by atoms with E-state index in [1.807, 2.05) is 0 Å². The van der Waals surface area contributed by atoms with Gasteiger partial charge in [0.25, 0.3) is 0 Å². The number of hydrogen-bond acceptors (Lipinski definition) is 2. The lowest BCUT2D eigenvalue weighted by Gasteiger charge is -2.24. The Kier molecular flexibility index (Phi) is 3.53. The lowest BCUT2D eigenvalue weighted by molar-refractivity contribution is 0.226. The second kappa shape index (κ2) is 4.24. The van der Waals surface area contributed by atoms with Crippen molar-refractivity contribution < 1.29 is 0 Å². The summed E-state index contributed by atoms with van der Waals surface area (Å²) in [6, 6.07) is 0.796. The lowest BCUT2D eigenvalue weighted by atomic mass is 10.1. The van der Waals surface area contributed by atoms with Crippen molar-refractivity contribution in [2.75, 3.05) is 33.7 Å². The van der Waals surface area contributed by atoms with Crippen molar-refractivity contribution in [3.05, 3.63) is 0 Å². The SMILES string of the molecule is CCN(C)CC1C[C@H](C)CN1C. The number of likely N-dealkylation sites (tertiary alicyclic amines) is 1. The molecule has 2 atom stereocenters. The van der Waals surface area contributed by atoms with Crippen molar-refractivity contribution in [3.8, 4) is 0 Å².